The molecule has 0 aliphatic carbocycles. The topological polar surface area (TPSA) is 96.9 Å². The van der Waals surface area contributed by atoms with Crippen LogP contribution in [-0.4, -0.2) is 46.8 Å². The highest BCUT2D eigenvalue weighted by molar-refractivity contribution is 5.95. The minimum absolute atomic E-state index is 0.0139. The van der Waals surface area contributed by atoms with Gasteiger partial charge in [0.25, 0.3) is 0 Å². The number of hydrogen-bond donors (Lipinski definition) is 2. The molecule has 2 heterocycles. The molecule has 1 saturated heterocycles. The summed E-state index contributed by atoms with van der Waals surface area (Å²) in [6, 6.07) is 1.88. The highest BCUT2D eigenvalue weighted by Crippen LogP contribution is 2.17. The summed E-state index contributed by atoms with van der Waals surface area (Å²) in [7, 11) is 0. The molecule has 0 saturated carbocycles. The largest absolute Gasteiger partial charge is 0.409 e. The first-order valence-corrected chi connectivity index (χ1v) is 5.91. The first kappa shape index (κ1) is 12.6. The number of ether oxygens (including phenoxy) is 1. The molecule has 7 heteroatoms. The molecule has 3 N–H and O–H groups in total. The maximum atomic E-state index is 8.66. The third-order valence-electron chi connectivity index (χ3n) is 2.97. The van der Waals surface area contributed by atoms with Gasteiger partial charge in [-0.3, -0.25) is 0 Å². The van der Waals surface area contributed by atoms with Crippen molar-refractivity contribution in [1.29, 1.82) is 0 Å². The van der Waals surface area contributed by atoms with Crippen LogP contribution in [0.15, 0.2) is 17.4 Å². The van der Waals surface area contributed by atoms with Crippen LogP contribution in [0, 0.1) is 0 Å². The van der Waals surface area contributed by atoms with E-state index in [1.165, 1.54) is 0 Å². The van der Waals surface area contributed by atoms with Crippen LogP contribution in [0.4, 0.5) is 5.95 Å². The number of oxime groups is 1. The van der Waals surface area contributed by atoms with E-state index < -0.39 is 0 Å². The SMILES string of the molecule is CCC1COCCN1c1nccc(/C(N)=N/O)n1. The van der Waals surface area contributed by atoms with Gasteiger partial charge in [-0.2, -0.15) is 0 Å². The van der Waals surface area contributed by atoms with Crippen molar-refractivity contribution in [2.24, 2.45) is 10.9 Å². The standard InChI is InChI=1S/C11H17N5O2/c1-2-8-7-18-6-5-16(8)11-13-4-3-9(14-11)10(12)15-17/h3-4,8,17H,2,5-7H2,1H3,(H2,12,15). The van der Waals surface area contributed by atoms with E-state index in [1.807, 2.05) is 0 Å². The third kappa shape index (κ3) is 2.51. The Kier molecular flexibility index (Phi) is 3.93. The van der Waals surface area contributed by atoms with Crippen molar-refractivity contribution < 1.29 is 9.94 Å². The molecule has 0 amide bonds. The van der Waals surface area contributed by atoms with Crippen molar-refractivity contribution in [2.75, 3.05) is 24.7 Å². The number of nitrogens with zero attached hydrogens (tertiary/aromatic N) is 4. The maximum Gasteiger partial charge on any atom is 0.226 e. The van der Waals surface area contributed by atoms with E-state index in [9.17, 15) is 0 Å². The molecule has 2 rings (SSSR count). The zero-order valence-electron chi connectivity index (χ0n) is 10.3. The molecule has 1 aliphatic rings. The van der Waals surface area contributed by atoms with Gasteiger partial charge in [0.05, 0.1) is 19.3 Å². The second-order valence-electron chi connectivity index (χ2n) is 4.06. The van der Waals surface area contributed by atoms with Crippen LogP contribution in [0.5, 0.6) is 0 Å². The van der Waals surface area contributed by atoms with Crippen molar-refractivity contribution >= 4 is 11.8 Å². The second-order valence-corrected chi connectivity index (χ2v) is 4.06. The Labute approximate surface area is 105 Å². The summed E-state index contributed by atoms with van der Waals surface area (Å²) >= 11 is 0. The molecule has 0 bridgehead atoms. The lowest BCUT2D eigenvalue weighted by molar-refractivity contribution is 0.0921. The highest BCUT2D eigenvalue weighted by atomic mass is 16.5. The van der Waals surface area contributed by atoms with Crippen LogP contribution in [0.2, 0.25) is 0 Å². The van der Waals surface area contributed by atoms with Crippen LogP contribution in [0.25, 0.3) is 0 Å². The molecule has 1 fully saturated rings. The summed E-state index contributed by atoms with van der Waals surface area (Å²) in [5.41, 5.74) is 5.95. The molecule has 1 atom stereocenters. The van der Waals surface area contributed by atoms with Crippen LogP contribution >= 0.6 is 0 Å². The van der Waals surface area contributed by atoms with Crippen molar-refractivity contribution in [2.45, 2.75) is 19.4 Å². The predicted octanol–water partition coefficient (Wildman–Crippen LogP) is 0.186. The van der Waals surface area contributed by atoms with Gasteiger partial charge < -0.3 is 20.6 Å². The summed E-state index contributed by atoms with van der Waals surface area (Å²) in [6.45, 7) is 4.18. The Morgan fingerprint density at radius 2 is 2.56 bits per heavy atom. The predicted molar refractivity (Wildman–Crippen MR) is 66.8 cm³/mol. The van der Waals surface area contributed by atoms with Gasteiger partial charge in [-0.05, 0) is 12.5 Å². The van der Waals surface area contributed by atoms with E-state index in [4.69, 9.17) is 15.7 Å². The number of aromatic nitrogens is 2. The average molecular weight is 251 g/mol. The van der Waals surface area contributed by atoms with E-state index in [0.717, 1.165) is 13.0 Å². The van der Waals surface area contributed by atoms with Crippen molar-refractivity contribution in [3.63, 3.8) is 0 Å². The molecule has 0 spiro atoms. The fourth-order valence-electron chi connectivity index (χ4n) is 1.94. The smallest absolute Gasteiger partial charge is 0.226 e. The summed E-state index contributed by atoms with van der Waals surface area (Å²) in [5, 5.41) is 11.6. The van der Waals surface area contributed by atoms with Crippen molar-refractivity contribution in [3.05, 3.63) is 18.0 Å². The number of rotatable bonds is 3. The second kappa shape index (κ2) is 5.63. The molecule has 98 valence electrons. The van der Waals surface area contributed by atoms with Crippen LogP contribution in [-0.2, 0) is 4.74 Å². The van der Waals surface area contributed by atoms with Gasteiger partial charge in [-0.25, -0.2) is 9.97 Å². The van der Waals surface area contributed by atoms with Gasteiger partial charge in [-0.1, -0.05) is 12.1 Å². The molecule has 0 aromatic carbocycles. The highest BCUT2D eigenvalue weighted by Gasteiger charge is 2.23. The summed E-state index contributed by atoms with van der Waals surface area (Å²) < 4.78 is 5.44. The lowest BCUT2D eigenvalue weighted by Crippen LogP contribution is -2.46. The van der Waals surface area contributed by atoms with Crippen LogP contribution in [0.1, 0.15) is 19.0 Å². The van der Waals surface area contributed by atoms with Gasteiger partial charge in [0.15, 0.2) is 5.84 Å². The van der Waals surface area contributed by atoms with Gasteiger partial charge >= 0.3 is 0 Å². The fraction of sp³-hybridized carbons (Fsp3) is 0.545. The van der Waals surface area contributed by atoms with E-state index in [1.54, 1.807) is 12.3 Å². The van der Waals surface area contributed by atoms with Gasteiger partial charge in [0.1, 0.15) is 5.69 Å². The number of nitrogens with two attached hydrogens (primary N) is 1. The van der Waals surface area contributed by atoms with Crippen molar-refractivity contribution in [3.8, 4) is 0 Å². The first-order valence-electron chi connectivity index (χ1n) is 5.91. The van der Waals surface area contributed by atoms with Gasteiger partial charge in [0, 0.05) is 12.7 Å². The Hall–Kier alpha value is -1.89. The molecule has 1 aliphatic heterocycles. The molecule has 1 unspecified atom stereocenters. The number of amidine groups is 1. The van der Waals surface area contributed by atoms with Gasteiger partial charge in [0.2, 0.25) is 5.95 Å². The van der Waals surface area contributed by atoms with E-state index in [-0.39, 0.29) is 11.9 Å². The molecule has 18 heavy (non-hydrogen) atoms. The minimum Gasteiger partial charge on any atom is -0.409 e. The number of morpholine rings is 1. The van der Waals surface area contributed by atoms with E-state index in [0.29, 0.717) is 24.9 Å². The maximum absolute atomic E-state index is 8.66. The molecule has 1 aromatic heterocycles. The summed E-state index contributed by atoms with van der Waals surface area (Å²) in [4.78, 5) is 10.6. The zero-order chi connectivity index (χ0) is 13.0. The van der Waals surface area contributed by atoms with E-state index >= 15 is 0 Å². The Bertz CT molecular complexity index is 437. The quantitative estimate of drug-likeness (QED) is 0.344. The van der Waals surface area contributed by atoms with E-state index in [2.05, 4.69) is 26.9 Å². The Morgan fingerprint density at radius 1 is 1.72 bits per heavy atom. The third-order valence-corrected chi connectivity index (χ3v) is 2.97. The van der Waals surface area contributed by atoms with Crippen LogP contribution in [0.3, 0.4) is 0 Å². The average Bonchev–Trinajstić information content (AvgIpc) is 2.46. The number of anilines is 1. The normalized spacial score (nSPS) is 21.1. The Balaban J connectivity index is 2.26. The number of hydrogen-bond acceptors (Lipinski definition) is 6. The minimum atomic E-state index is -0.0139. The molecule has 0 radical (unpaired) electrons. The molecule has 7 nitrogen and oxygen atoms in total. The van der Waals surface area contributed by atoms with Crippen LogP contribution < -0.4 is 10.6 Å². The zero-order valence-corrected chi connectivity index (χ0v) is 10.3. The molecular formula is C11H17N5O2. The molecular weight excluding hydrogens is 234 g/mol. The fourth-order valence-corrected chi connectivity index (χ4v) is 1.94. The molecule has 1 aromatic rings. The lowest BCUT2D eigenvalue weighted by Gasteiger charge is -2.35. The summed E-state index contributed by atoms with van der Waals surface area (Å²) in [5.74, 6) is 0.578. The Morgan fingerprint density at radius 3 is 3.28 bits per heavy atom. The monoisotopic (exact) mass is 251 g/mol. The summed E-state index contributed by atoms with van der Waals surface area (Å²) in [6.07, 6.45) is 2.56. The van der Waals surface area contributed by atoms with Gasteiger partial charge in [-0.15, -0.1) is 0 Å². The first-order chi connectivity index (χ1) is 8.76. The lowest BCUT2D eigenvalue weighted by atomic mass is 10.2. The van der Waals surface area contributed by atoms with Crippen molar-refractivity contribution in [1.82, 2.24) is 9.97 Å².